The third-order valence-corrected chi connectivity index (χ3v) is 6.71. The standard InChI is InChI=1S/C24H25ClN2O4S/c1-16-8-9-17(2)21(14-16)27-32(29,30)23-15-19(10-11-20(23)25)24(28)26-12-13-31-22-7-5-4-6-18(22)3/h4-11,14-15,27H,12-13H2,1-3H3,(H,26,28). The lowest BCUT2D eigenvalue weighted by Gasteiger charge is -2.14. The van der Waals surface area contributed by atoms with Gasteiger partial charge in [0.2, 0.25) is 0 Å². The summed E-state index contributed by atoms with van der Waals surface area (Å²) in [6.07, 6.45) is 0. The van der Waals surface area contributed by atoms with Crippen LogP contribution in [0.2, 0.25) is 5.02 Å². The fourth-order valence-electron chi connectivity index (χ4n) is 3.04. The van der Waals surface area contributed by atoms with Crippen molar-refractivity contribution in [3.63, 3.8) is 0 Å². The van der Waals surface area contributed by atoms with E-state index in [1.165, 1.54) is 18.2 Å². The van der Waals surface area contributed by atoms with Crippen molar-refractivity contribution in [1.29, 1.82) is 0 Å². The first-order chi connectivity index (χ1) is 15.2. The fraction of sp³-hybridized carbons (Fsp3) is 0.208. The number of aryl methyl sites for hydroxylation is 3. The number of ether oxygens (including phenoxy) is 1. The van der Waals surface area contributed by atoms with Crippen LogP contribution in [0.25, 0.3) is 0 Å². The van der Waals surface area contributed by atoms with Crippen molar-refractivity contribution in [3.8, 4) is 5.75 Å². The van der Waals surface area contributed by atoms with Crippen LogP contribution in [0.1, 0.15) is 27.0 Å². The van der Waals surface area contributed by atoms with Crippen molar-refractivity contribution in [2.45, 2.75) is 25.7 Å². The molecule has 32 heavy (non-hydrogen) atoms. The molecule has 0 aromatic heterocycles. The Labute approximate surface area is 193 Å². The molecule has 1 amide bonds. The molecule has 0 radical (unpaired) electrons. The van der Waals surface area contributed by atoms with Crippen LogP contribution in [0.5, 0.6) is 5.75 Å². The van der Waals surface area contributed by atoms with Crippen LogP contribution in [0, 0.1) is 20.8 Å². The van der Waals surface area contributed by atoms with Crippen molar-refractivity contribution in [3.05, 3.63) is 87.9 Å². The van der Waals surface area contributed by atoms with Crippen LogP contribution >= 0.6 is 11.6 Å². The van der Waals surface area contributed by atoms with Crippen molar-refractivity contribution >= 4 is 33.2 Å². The van der Waals surface area contributed by atoms with Gasteiger partial charge in [0.1, 0.15) is 17.3 Å². The summed E-state index contributed by atoms with van der Waals surface area (Å²) in [6, 6.07) is 17.2. The van der Waals surface area contributed by atoms with Crippen LogP contribution in [-0.2, 0) is 10.0 Å². The fourth-order valence-corrected chi connectivity index (χ4v) is 4.69. The van der Waals surface area contributed by atoms with E-state index in [0.29, 0.717) is 5.69 Å². The number of anilines is 1. The Balaban J connectivity index is 1.69. The topological polar surface area (TPSA) is 84.5 Å². The quantitative estimate of drug-likeness (QED) is 0.458. The average Bonchev–Trinajstić information content (AvgIpc) is 2.75. The summed E-state index contributed by atoms with van der Waals surface area (Å²) in [5, 5.41) is 2.76. The van der Waals surface area contributed by atoms with Crippen LogP contribution in [0.15, 0.2) is 65.6 Å². The Morgan fingerprint density at radius 3 is 2.47 bits per heavy atom. The van der Waals surface area contributed by atoms with Crippen molar-refractivity contribution in [2.24, 2.45) is 0 Å². The Kier molecular flexibility index (Phi) is 7.43. The highest BCUT2D eigenvalue weighted by Gasteiger charge is 2.21. The molecular formula is C24H25ClN2O4S. The lowest BCUT2D eigenvalue weighted by Crippen LogP contribution is -2.28. The highest BCUT2D eigenvalue weighted by atomic mass is 35.5. The molecule has 0 aliphatic heterocycles. The molecule has 0 aliphatic carbocycles. The summed E-state index contributed by atoms with van der Waals surface area (Å²) in [5.74, 6) is 0.331. The van der Waals surface area contributed by atoms with E-state index in [0.717, 1.165) is 22.4 Å². The Morgan fingerprint density at radius 1 is 0.969 bits per heavy atom. The van der Waals surface area contributed by atoms with Crippen molar-refractivity contribution in [2.75, 3.05) is 17.9 Å². The smallest absolute Gasteiger partial charge is 0.263 e. The predicted molar refractivity (Wildman–Crippen MR) is 127 cm³/mol. The molecule has 0 atom stereocenters. The van der Waals surface area contributed by atoms with E-state index in [-0.39, 0.29) is 28.6 Å². The number of amides is 1. The third kappa shape index (κ3) is 5.81. The van der Waals surface area contributed by atoms with Crippen molar-refractivity contribution < 1.29 is 17.9 Å². The Hall–Kier alpha value is -3.03. The van der Waals surface area contributed by atoms with Gasteiger partial charge in [0.15, 0.2) is 0 Å². The van der Waals surface area contributed by atoms with Gasteiger partial charge in [0.05, 0.1) is 17.3 Å². The van der Waals surface area contributed by atoms with Crippen molar-refractivity contribution in [1.82, 2.24) is 5.32 Å². The number of hydrogen-bond donors (Lipinski definition) is 2. The minimum absolute atomic E-state index is 0.0299. The zero-order valence-corrected chi connectivity index (χ0v) is 19.7. The van der Waals surface area contributed by atoms with Crippen LogP contribution in [0.4, 0.5) is 5.69 Å². The first-order valence-electron chi connectivity index (χ1n) is 10.0. The number of carbonyl (C=O) groups excluding carboxylic acids is 1. The summed E-state index contributed by atoms with van der Waals surface area (Å²) < 4.78 is 34.2. The summed E-state index contributed by atoms with van der Waals surface area (Å²) in [5.41, 5.74) is 3.34. The van der Waals surface area contributed by atoms with Gasteiger partial charge in [0.25, 0.3) is 15.9 Å². The van der Waals surface area contributed by atoms with Gasteiger partial charge in [-0.05, 0) is 67.8 Å². The van der Waals surface area contributed by atoms with E-state index in [4.69, 9.17) is 16.3 Å². The van der Waals surface area contributed by atoms with Gasteiger partial charge in [0, 0.05) is 5.56 Å². The molecule has 0 saturated heterocycles. The van der Waals surface area contributed by atoms with Gasteiger partial charge in [-0.2, -0.15) is 0 Å². The maximum Gasteiger partial charge on any atom is 0.263 e. The minimum Gasteiger partial charge on any atom is -0.491 e. The largest absolute Gasteiger partial charge is 0.491 e. The van der Waals surface area contributed by atoms with E-state index in [1.54, 1.807) is 6.07 Å². The highest BCUT2D eigenvalue weighted by Crippen LogP contribution is 2.27. The molecular weight excluding hydrogens is 448 g/mol. The van der Waals surface area contributed by atoms with Crippen LogP contribution in [-0.4, -0.2) is 27.5 Å². The molecule has 0 fully saturated rings. The second kappa shape index (κ2) is 10.1. The molecule has 0 bridgehead atoms. The summed E-state index contributed by atoms with van der Waals surface area (Å²) in [7, 11) is -3.99. The molecule has 6 nitrogen and oxygen atoms in total. The minimum atomic E-state index is -3.99. The second-order valence-electron chi connectivity index (χ2n) is 7.44. The van der Waals surface area contributed by atoms with E-state index in [2.05, 4.69) is 10.0 Å². The summed E-state index contributed by atoms with van der Waals surface area (Å²) >= 11 is 6.16. The SMILES string of the molecule is Cc1ccc(C)c(NS(=O)(=O)c2cc(C(=O)NCCOc3ccccc3C)ccc2Cl)c1. The predicted octanol–water partition coefficient (Wildman–Crippen LogP) is 4.87. The average molecular weight is 473 g/mol. The maximum atomic E-state index is 13.0. The lowest BCUT2D eigenvalue weighted by atomic mass is 10.1. The molecule has 3 aromatic carbocycles. The van der Waals surface area contributed by atoms with E-state index in [1.807, 2.05) is 57.2 Å². The van der Waals surface area contributed by atoms with Gasteiger partial charge in [-0.15, -0.1) is 0 Å². The zero-order valence-electron chi connectivity index (χ0n) is 18.1. The number of halogens is 1. The summed E-state index contributed by atoms with van der Waals surface area (Å²) in [6.45, 7) is 6.16. The highest BCUT2D eigenvalue weighted by molar-refractivity contribution is 7.92. The number of carbonyl (C=O) groups is 1. The number of nitrogens with one attached hydrogen (secondary N) is 2. The Morgan fingerprint density at radius 2 is 1.72 bits per heavy atom. The molecule has 0 spiro atoms. The third-order valence-electron chi connectivity index (χ3n) is 4.86. The molecule has 0 heterocycles. The first-order valence-corrected chi connectivity index (χ1v) is 11.9. The van der Waals surface area contributed by atoms with Gasteiger partial charge >= 0.3 is 0 Å². The second-order valence-corrected chi connectivity index (χ2v) is 9.50. The number of para-hydroxylation sites is 1. The molecule has 2 N–H and O–H groups in total. The van der Waals surface area contributed by atoms with Gasteiger partial charge in [-0.25, -0.2) is 8.42 Å². The molecule has 8 heteroatoms. The summed E-state index contributed by atoms with van der Waals surface area (Å²) in [4.78, 5) is 12.4. The zero-order chi connectivity index (χ0) is 23.3. The number of rotatable bonds is 8. The molecule has 3 aromatic rings. The molecule has 0 aliphatic rings. The number of benzene rings is 3. The molecule has 3 rings (SSSR count). The number of hydrogen-bond acceptors (Lipinski definition) is 4. The molecule has 0 unspecified atom stereocenters. The van der Waals surface area contributed by atoms with Gasteiger partial charge in [-0.3, -0.25) is 9.52 Å². The lowest BCUT2D eigenvalue weighted by molar-refractivity contribution is 0.0946. The maximum absolute atomic E-state index is 13.0. The van der Waals surface area contributed by atoms with Crippen LogP contribution in [0.3, 0.4) is 0 Å². The Bertz CT molecular complexity index is 1240. The van der Waals surface area contributed by atoms with Gasteiger partial charge in [-0.1, -0.05) is 41.9 Å². The van der Waals surface area contributed by atoms with Crippen LogP contribution < -0.4 is 14.8 Å². The monoisotopic (exact) mass is 472 g/mol. The molecule has 168 valence electrons. The number of sulfonamides is 1. The first kappa shape index (κ1) is 23.6. The van der Waals surface area contributed by atoms with E-state index >= 15 is 0 Å². The normalized spacial score (nSPS) is 11.1. The van der Waals surface area contributed by atoms with E-state index in [9.17, 15) is 13.2 Å². The van der Waals surface area contributed by atoms with Gasteiger partial charge < -0.3 is 10.1 Å². The molecule has 0 saturated carbocycles. The van der Waals surface area contributed by atoms with E-state index < -0.39 is 15.9 Å².